The number of hydrogen-bond acceptors (Lipinski definition) is 4. The van der Waals surface area contributed by atoms with Crippen LogP contribution in [0.1, 0.15) is 45.6 Å². The van der Waals surface area contributed by atoms with Crippen LogP contribution >= 0.6 is 0 Å². The van der Waals surface area contributed by atoms with E-state index >= 15 is 0 Å². The number of carboxylic acid groups (broad SMARTS) is 1. The van der Waals surface area contributed by atoms with E-state index in [0.717, 1.165) is 10.8 Å². The number of aliphatic carboxylic acids is 1. The molecule has 27 heavy (non-hydrogen) atoms. The van der Waals surface area contributed by atoms with Gasteiger partial charge in [-0.15, -0.1) is 0 Å². The molecule has 0 saturated heterocycles. The van der Waals surface area contributed by atoms with Gasteiger partial charge in [0.2, 0.25) is 11.4 Å². The molecule has 0 bridgehead atoms. The molecule has 0 saturated carbocycles. The predicted molar refractivity (Wildman–Crippen MR) is 102 cm³/mol. The molecule has 144 valence electrons. The van der Waals surface area contributed by atoms with Crippen LogP contribution in [0.15, 0.2) is 42.5 Å². The van der Waals surface area contributed by atoms with Crippen molar-refractivity contribution in [2.45, 2.75) is 51.7 Å². The largest absolute Gasteiger partial charge is 0.479 e. The summed E-state index contributed by atoms with van der Waals surface area (Å²) in [7, 11) is 0. The van der Waals surface area contributed by atoms with Crippen LogP contribution in [0.3, 0.4) is 0 Å². The predicted octanol–water partition coefficient (Wildman–Crippen LogP) is 3.24. The Labute approximate surface area is 158 Å². The number of rotatable bonds is 7. The highest BCUT2D eigenvalue weighted by Crippen LogP contribution is 2.35. The molecule has 0 heterocycles. The number of ether oxygens (including phenoxy) is 1. The number of benzene rings is 2. The lowest BCUT2D eigenvalue weighted by molar-refractivity contribution is -0.169. The SMILES string of the molecule is CCC(C)OC(=O)C(NC(C)=O)(C(=O)O)C(C)c1cccc2ccccc12. The van der Waals surface area contributed by atoms with E-state index in [1.54, 1.807) is 26.0 Å². The van der Waals surface area contributed by atoms with Crippen molar-refractivity contribution in [1.82, 2.24) is 5.32 Å². The average molecular weight is 371 g/mol. The molecular weight excluding hydrogens is 346 g/mol. The number of carboxylic acids is 1. The van der Waals surface area contributed by atoms with Crippen molar-refractivity contribution in [3.8, 4) is 0 Å². The lowest BCUT2D eigenvalue weighted by Gasteiger charge is -2.35. The maximum absolute atomic E-state index is 12.9. The maximum Gasteiger partial charge on any atom is 0.344 e. The van der Waals surface area contributed by atoms with E-state index in [0.29, 0.717) is 12.0 Å². The molecule has 0 aliphatic carbocycles. The van der Waals surface area contributed by atoms with E-state index in [1.807, 2.05) is 37.3 Å². The molecule has 0 fully saturated rings. The molecule has 2 aromatic rings. The van der Waals surface area contributed by atoms with Gasteiger partial charge in [0.15, 0.2) is 0 Å². The summed E-state index contributed by atoms with van der Waals surface area (Å²) in [6, 6.07) is 13.0. The third-order valence-electron chi connectivity index (χ3n) is 4.86. The first-order valence-electron chi connectivity index (χ1n) is 8.94. The average Bonchev–Trinajstić information content (AvgIpc) is 2.64. The molecule has 2 N–H and O–H groups in total. The highest BCUT2D eigenvalue weighted by atomic mass is 16.5. The molecule has 0 spiro atoms. The number of hydrogen-bond donors (Lipinski definition) is 2. The van der Waals surface area contributed by atoms with Crippen LogP contribution in [0.25, 0.3) is 10.8 Å². The van der Waals surface area contributed by atoms with Gasteiger partial charge < -0.3 is 15.2 Å². The van der Waals surface area contributed by atoms with Gasteiger partial charge in [0.05, 0.1) is 6.10 Å². The molecule has 2 rings (SSSR count). The topological polar surface area (TPSA) is 92.7 Å². The summed E-state index contributed by atoms with van der Waals surface area (Å²) in [6.07, 6.45) is 0.0640. The van der Waals surface area contributed by atoms with Gasteiger partial charge in [-0.25, -0.2) is 9.59 Å². The van der Waals surface area contributed by atoms with Crippen LogP contribution in [-0.2, 0) is 19.1 Å². The smallest absolute Gasteiger partial charge is 0.344 e. The van der Waals surface area contributed by atoms with Crippen molar-refractivity contribution < 1.29 is 24.2 Å². The third kappa shape index (κ3) is 3.94. The minimum atomic E-state index is -2.22. The lowest BCUT2D eigenvalue weighted by Crippen LogP contribution is -2.63. The Morgan fingerprint density at radius 2 is 1.74 bits per heavy atom. The van der Waals surface area contributed by atoms with E-state index in [-0.39, 0.29) is 0 Å². The van der Waals surface area contributed by atoms with Crippen molar-refractivity contribution in [1.29, 1.82) is 0 Å². The van der Waals surface area contributed by atoms with Crippen LogP contribution in [-0.4, -0.2) is 34.6 Å². The molecule has 0 aliphatic heterocycles. The van der Waals surface area contributed by atoms with E-state index in [1.165, 1.54) is 6.92 Å². The Balaban J connectivity index is 2.65. The van der Waals surface area contributed by atoms with Crippen LogP contribution in [0.5, 0.6) is 0 Å². The van der Waals surface area contributed by atoms with Crippen LogP contribution in [0, 0.1) is 0 Å². The van der Waals surface area contributed by atoms with Crippen molar-refractivity contribution in [3.63, 3.8) is 0 Å². The fourth-order valence-electron chi connectivity index (χ4n) is 3.16. The fraction of sp³-hybridized carbons (Fsp3) is 0.381. The minimum Gasteiger partial charge on any atom is -0.479 e. The molecule has 1 amide bonds. The summed E-state index contributed by atoms with van der Waals surface area (Å²) in [5.41, 5.74) is -1.58. The van der Waals surface area contributed by atoms with E-state index in [9.17, 15) is 19.5 Å². The van der Waals surface area contributed by atoms with Gasteiger partial charge in [0, 0.05) is 12.8 Å². The van der Waals surface area contributed by atoms with Gasteiger partial charge in [0.25, 0.3) is 0 Å². The first-order chi connectivity index (χ1) is 12.7. The summed E-state index contributed by atoms with van der Waals surface area (Å²) in [5.74, 6) is -3.90. The molecule has 6 heteroatoms. The Hall–Kier alpha value is -2.89. The number of esters is 1. The minimum absolute atomic E-state index is 0.468. The molecule has 0 radical (unpaired) electrons. The summed E-state index contributed by atoms with van der Waals surface area (Å²) in [5, 5.41) is 14.1. The monoisotopic (exact) mass is 371 g/mol. The molecule has 3 atom stereocenters. The molecule has 0 aliphatic rings. The normalized spacial score (nSPS) is 15.4. The highest BCUT2D eigenvalue weighted by molar-refractivity contribution is 6.08. The second-order valence-corrected chi connectivity index (χ2v) is 6.71. The van der Waals surface area contributed by atoms with Gasteiger partial charge in [-0.05, 0) is 29.7 Å². The van der Waals surface area contributed by atoms with Crippen molar-refractivity contribution in [2.24, 2.45) is 0 Å². The molecule has 0 aromatic heterocycles. The second kappa shape index (κ2) is 8.20. The summed E-state index contributed by atoms with van der Waals surface area (Å²) in [4.78, 5) is 37.1. The number of carbonyl (C=O) groups excluding carboxylic acids is 2. The Bertz CT molecular complexity index is 857. The molecule has 2 aromatic carbocycles. The zero-order valence-electron chi connectivity index (χ0n) is 16.0. The Kier molecular flexibility index (Phi) is 6.20. The van der Waals surface area contributed by atoms with Gasteiger partial charge in [0.1, 0.15) is 0 Å². The van der Waals surface area contributed by atoms with Gasteiger partial charge >= 0.3 is 11.9 Å². The van der Waals surface area contributed by atoms with Gasteiger partial charge in [-0.1, -0.05) is 56.3 Å². The third-order valence-corrected chi connectivity index (χ3v) is 4.86. The van der Waals surface area contributed by atoms with Crippen molar-refractivity contribution >= 4 is 28.6 Å². The maximum atomic E-state index is 12.9. The second-order valence-electron chi connectivity index (χ2n) is 6.71. The molecular formula is C21H25NO5. The zero-order chi connectivity index (χ0) is 20.2. The van der Waals surface area contributed by atoms with E-state index in [2.05, 4.69) is 5.32 Å². The van der Waals surface area contributed by atoms with Crippen molar-refractivity contribution in [2.75, 3.05) is 0 Å². The van der Waals surface area contributed by atoms with Gasteiger partial charge in [-0.3, -0.25) is 4.79 Å². The standard InChI is InChI=1S/C21H25NO5/c1-5-13(2)27-20(26)21(19(24)25,22-15(4)23)14(3)17-12-8-10-16-9-6-7-11-18(16)17/h6-14H,5H2,1-4H3,(H,22,23)(H,24,25). The number of amides is 1. The Morgan fingerprint density at radius 3 is 2.33 bits per heavy atom. The summed E-state index contributed by atoms with van der Waals surface area (Å²) in [6.45, 7) is 6.31. The van der Waals surface area contributed by atoms with Crippen molar-refractivity contribution in [3.05, 3.63) is 48.0 Å². The quantitative estimate of drug-likeness (QED) is 0.576. The number of nitrogens with one attached hydrogen (secondary N) is 1. The van der Waals surface area contributed by atoms with E-state index < -0.39 is 35.4 Å². The Morgan fingerprint density at radius 1 is 1.11 bits per heavy atom. The molecule has 6 nitrogen and oxygen atoms in total. The zero-order valence-corrected chi connectivity index (χ0v) is 16.0. The van der Waals surface area contributed by atoms with Crippen LogP contribution < -0.4 is 5.32 Å². The van der Waals surface area contributed by atoms with Gasteiger partial charge in [-0.2, -0.15) is 0 Å². The lowest BCUT2D eigenvalue weighted by atomic mass is 9.78. The fourth-order valence-corrected chi connectivity index (χ4v) is 3.16. The first kappa shape index (κ1) is 20.4. The van der Waals surface area contributed by atoms with E-state index in [4.69, 9.17) is 4.74 Å². The number of carbonyl (C=O) groups is 3. The van der Waals surface area contributed by atoms with Crippen LogP contribution in [0.2, 0.25) is 0 Å². The molecule has 3 unspecified atom stereocenters. The summed E-state index contributed by atoms with van der Waals surface area (Å²) < 4.78 is 5.35. The number of fused-ring (bicyclic) bond motifs is 1. The first-order valence-corrected chi connectivity index (χ1v) is 8.94. The summed E-state index contributed by atoms with van der Waals surface area (Å²) >= 11 is 0. The van der Waals surface area contributed by atoms with Crippen LogP contribution in [0.4, 0.5) is 0 Å². The highest BCUT2D eigenvalue weighted by Gasteiger charge is 2.54.